The fourth-order valence-corrected chi connectivity index (χ4v) is 4.04. The predicted octanol–water partition coefficient (Wildman–Crippen LogP) is 1.41. The van der Waals surface area contributed by atoms with E-state index in [9.17, 15) is 15.2 Å². The van der Waals surface area contributed by atoms with Crippen LogP contribution in [0.5, 0.6) is 0 Å². The van der Waals surface area contributed by atoms with Crippen molar-refractivity contribution in [3.8, 4) is 6.07 Å². The average Bonchev–Trinajstić information content (AvgIpc) is 3.04. The summed E-state index contributed by atoms with van der Waals surface area (Å²) >= 11 is 0. The Hall–Kier alpha value is -2.69. The molecule has 2 aliphatic heterocycles. The zero-order valence-corrected chi connectivity index (χ0v) is 15.9. The predicted molar refractivity (Wildman–Crippen MR) is 104 cm³/mol. The van der Waals surface area contributed by atoms with Gasteiger partial charge in [-0.1, -0.05) is 18.2 Å². The lowest BCUT2D eigenvalue weighted by atomic mass is 10.1. The van der Waals surface area contributed by atoms with E-state index in [-0.39, 0.29) is 5.91 Å². The highest BCUT2D eigenvalue weighted by atomic mass is 16.3. The van der Waals surface area contributed by atoms with Gasteiger partial charge < -0.3 is 14.6 Å². The maximum atomic E-state index is 12.7. The summed E-state index contributed by atoms with van der Waals surface area (Å²) in [6.45, 7) is 4.28. The molecular formula is C21H25N5O2. The molecular weight excluding hydrogens is 354 g/mol. The zero-order chi connectivity index (χ0) is 19.5. The number of nitrogens with zero attached hydrogens (tertiary/aromatic N) is 5. The van der Waals surface area contributed by atoms with E-state index in [0.29, 0.717) is 18.8 Å². The van der Waals surface area contributed by atoms with Crippen LogP contribution < -0.4 is 0 Å². The number of aliphatic hydroxyl groups is 1. The molecule has 0 bridgehead atoms. The van der Waals surface area contributed by atoms with E-state index in [4.69, 9.17) is 0 Å². The fraction of sp³-hybridized carbons (Fsp3) is 0.476. The van der Waals surface area contributed by atoms with Crippen molar-refractivity contribution in [1.29, 1.82) is 5.26 Å². The standard InChI is InChI=1S/C21H25N5O2/c22-12-16-4-1-2-5-17(16)13-24-9-7-20-23-19(15-25(20)11-10-24)21(28)26-8-3-6-18(27)14-26/h1-2,4-5,15,18,27H,3,6-11,13-14H2/t18-/m0/s1. The minimum atomic E-state index is -0.428. The molecule has 1 atom stereocenters. The van der Waals surface area contributed by atoms with Crippen molar-refractivity contribution in [3.05, 3.63) is 53.1 Å². The van der Waals surface area contributed by atoms with E-state index in [1.54, 1.807) is 4.90 Å². The van der Waals surface area contributed by atoms with E-state index in [2.05, 4.69) is 20.5 Å². The zero-order valence-electron chi connectivity index (χ0n) is 15.9. The Balaban J connectivity index is 1.41. The number of imidazole rings is 1. The van der Waals surface area contributed by atoms with Crippen molar-refractivity contribution in [1.82, 2.24) is 19.4 Å². The van der Waals surface area contributed by atoms with Gasteiger partial charge in [-0.15, -0.1) is 0 Å². The Morgan fingerprint density at radius 2 is 2.11 bits per heavy atom. The first-order chi connectivity index (χ1) is 13.6. The molecule has 3 heterocycles. The number of β-amino-alcohol motifs (C(OH)–C–C–N with tert-alkyl or cyclic N) is 1. The van der Waals surface area contributed by atoms with Crippen molar-refractivity contribution >= 4 is 5.91 Å². The third-order valence-electron chi connectivity index (χ3n) is 5.60. The van der Waals surface area contributed by atoms with Crippen molar-refractivity contribution in [2.24, 2.45) is 0 Å². The fourth-order valence-electron chi connectivity index (χ4n) is 4.04. The molecule has 0 unspecified atom stereocenters. The number of rotatable bonds is 3. The number of hydrogen-bond acceptors (Lipinski definition) is 5. The topological polar surface area (TPSA) is 85.4 Å². The lowest BCUT2D eigenvalue weighted by molar-refractivity contribution is 0.0469. The van der Waals surface area contributed by atoms with Gasteiger partial charge in [-0.05, 0) is 24.5 Å². The van der Waals surface area contributed by atoms with Gasteiger partial charge in [0.2, 0.25) is 0 Å². The van der Waals surface area contributed by atoms with Gasteiger partial charge in [0, 0.05) is 51.9 Å². The number of benzene rings is 1. The van der Waals surface area contributed by atoms with E-state index < -0.39 is 6.10 Å². The third-order valence-corrected chi connectivity index (χ3v) is 5.60. The molecule has 0 saturated carbocycles. The van der Waals surface area contributed by atoms with Crippen LogP contribution in [0, 0.1) is 11.3 Å². The van der Waals surface area contributed by atoms with Gasteiger partial charge in [0.25, 0.3) is 5.91 Å². The van der Waals surface area contributed by atoms with Gasteiger partial charge in [0.1, 0.15) is 11.5 Å². The van der Waals surface area contributed by atoms with Crippen LogP contribution in [-0.2, 0) is 19.5 Å². The number of fused-ring (bicyclic) bond motifs is 1. The molecule has 7 heteroatoms. The van der Waals surface area contributed by atoms with Gasteiger partial charge >= 0.3 is 0 Å². The van der Waals surface area contributed by atoms with Crippen LogP contribution in [0.15, 0.2) is 30.5 Å². The summed E-state index contributed by atoms with van der Waals surface area (Å²) in [5, 5.41) is 19.1. The normalized spacial score (nSPS) is 20.3. The molecule has 28 heavy (non-hydrogen) atoms. The van der Waals surface area contributed by atoms with Gasteiger partial charge in [0.15, 0.2) is 0 Å². The van der Waals surface area contributed by atoms with Gasteiger partial charge in [-0.3, -0.25) is 9.69 Å². The second kappa shape index (κ2) is 8.13. The Morgan fingerprint density at radius 3 is 2.93 bits per heavy atom. The van der Waals surface area contributed by atoms with E-state index in [1.165, 1.54) is 0 Å². The van der Waals surface area contributed by atoms with Crippen LogP contribution in [-0.4, -0.2) is 62.6 Å². The summed E-state index contributed by atoms with van der Waals surface area (Å²) < 4.78 is 2.07. The first kappa shape index (κ1) is 18.7. The highest BCUT2D eigenvalue weighted by Gasteiger charge is 2.26. The molecule has 0 spiro atoms. The maximum Gasteiger partial charge on any atom is 0.274 e. The number of amides is 1. The number of nitriles is 1. The summed E-state index contributed by atoms with van der Waals surface area (Å²) in [7, 11) is 0. The van der Waals surface area contributed by atoms with Crippen molar-refractivity contribution in [2.45, 2.75) is 38.5 Å². The van der Waals surface area contributed by atoms with E-state index in [0.717, 1.165) is 62.4 Å². The lowest BCUT2D eigenvalue weighted by Gasteiger charge is -2.29. The number of likely N-dealkylation sites (tertiary alicyclic amines) is 1. The van der Waals surface area contributed by atoms with Gasteiger partial charge in [0.05, 0.1) is 17.7 Å². The number of aromatic nitrogens is 2. The summed E-state index contributed by atoms with van der Waals surface area (Å²) in [5.41, 5.74) is 2.25. The highest BCUT2D eigenvalue weighted by molar-refractivity contribution is 5.92. The van der Waals surface area contributed by atoms with Crippen LogP contribution in [0.25, 0.3) is 0 Å². The Morgan fingerprint density at radius 1 is 1.25 bits per heavy atom. The van der Waals surface area contributed by atoms with Crippen LogP contribution in [0.1, 0.15) is 40.3 Å². The molecule has 1 fully saturated rings. The van der Waals surface area contributed by atoms with Crippen LogP contribution in [0.3, 0.4) is 0 Å². The number of piperidine rings is 1. The molecule has 1 saturated heterocycles. The second-order valence-electron chi connectivity index (χ2n) is 7.58. The molecule has 7 nitrogen and oxygen atoms in total. The van der Waals surface area contributed by atoms with Crippen molar-refractivity contribution in [3.63, 3.8) is 0 Å². The van der Waals surface area contributed by atoms with Gasteiger partial charge in [-0.2, -0.15) is 5.26 Å². The quantitative estimate of drug-likeness (QED) is 0.872. The lowest BCUT2D eigenvalue weighted by Crippen LogP contribution is -2.42. The number of hydrogen-bond donors (Lipinski definition) is 1. The average molecular weight is 379 g/mol. The minimum Gasteiger partial charge on any atom is -0.391 e. The molecule has 2 aromatic rings. The second-order valence-corrected chi connectivity index (χ2v) is 7.58. The first-order valence-corrected chi connectivity index (χ1v) is 9.88. The van der Waals surface area contributed by atoms with Crippen molar-refractivity contribution < 1.29 is 9.90 Å². The molecule has 146 valence electrons. The summed E-state index contributed by atoms with van der Waals surface area (Å²) in [4.78, 5) is 21.4. The molecule has 4 rings (SSSR count). The Kier molecular flexibility index (Phi) is 5.42. The smallest absolute Gasteiger partial charge is 0.274 e. The largest absolute Gasteiger partial charge is 0.391 e. The third kappa shape index (κ3) is 3.93. The number of aliphatic hydroxyl groups excluding tert-OH is 1. The van der Waals surface area contributed by atoms with Crippen LogP contribution in [0.4, 0.5) is 0 Å². The van der Waals surface area contributed by atoms with Crippen molar-refractivity contribution in [2.75, 3.05) is 26.2 Å². The number of carbonyl (C=O) groups is 1. The SMILES string of the molecule is N#Cc1ccccc1CN1CCc2nc(C(=O)N3CCC[C@H](O)C3)cn2CC1. The summed E-state index contributed by atoms with van der Waals surface area (Å²) in [5.74, 6) is 0.844. The molecule has 1 aromatic carbocycles. The van der Waals surface area contributed by atoms with Crippen LogP contribution >= 0.6 is 0 Å². The Bertz CT molecular complexity index is 875. The maximum absolute atomic E-state index is 12.7. The molecule has 0 radical (unpaired) electrons. The van der Waals surface area contributed by atoms with E-state index in [1.807, 2.05) is 30.5 Å². The van der Waals surface area contributed by atoms with Crippen LogP contribution in [0.2, 0.25) is 0 Å². The summed E-state index contributed by atoms with van der Waals surface area (Å²) in [6.07, 6.45) is 3.78. The monoisotopic (exact) mass is 379 g/mol. The first-order valence-electron chi connectivity index (χ1n) is 9.88. The highest BCUT2D eigenvalue weighted by Crippen LogP contribution is 2.17. The number of carbonyl (C=O) groups excluding carboxylic acids is 1. The molecule has 2 aliphatic rings. The minimum absolute atomic E-state index is 0.0841. The molecule has 1 amide bonds. The molecule has 1 aromatic heterocycles. The summed E-state index contributed by atoms with van der Waals surface area (Å²) in [6, 6.07) is 9.98. The van der Waals surface area contributed by atoms with Gasteiger partial charge in [-0.25, -0.2) is 4.98 Å². The molecule has 0 aliphatic carbocycles. The Labute approximate surface area is 164 Å². The molecule has 1 N–H and O–H groups in total. The van der Waals surface area contributed by atoms with E-state index >= 15 is 0 Å².